The number of hydrogen-bond donors (Lipinski definition) is 1. The fourth-order valence-electron chi connectivity index (χ4n) is 5.27. The Labute approximate surface area is 190 Å². The van der Waals surface area contributed by atoms with Crippen molar-refractivity contribution in [2.45, 2.75) is 44.1 Å². The number of rotatable bonds is 6. The lowest BCUT2D eigenvalue weighted by atomic mass is 9.81. The Morgan fingerprint density at radius 3 is 2.84 bits per heavy atom. The Morgan fingerprint density at radius 2 is 2.00 bits per heavy atom. The molecule has 0 bridgehead atoms. The van der Waals surface area contributed by atoms with Crippen molar-refractivity contribution in [2.24, 2.45) is 0 Å². The zero-order valence-corrected chi connectivity index (χ0v) is 19.0. The summed E-state index contributed by atoms with van der Waals surface area (Å²) < 4.78 is 1.64. The summed E-state index contributed by atoms with van der Waals surface area (Å²) in [7, 11) is 0. The van der Waals surface area contributed by atoms with Crippen LogP contribution in [0.2, 0.25) is 5.02 Å². The van der Waals surface area contributed by atoms with E-state index in [0.717, 1.165) is 48.8 Å². The number of aryl methyl sites for hydroxylation is 2. The second-order valence-corrected chi connectivity index (χ2v) is 10.2. The van der Waals surface area contributed by atoms with E-state index < -0.39 is 0 Å². The van der Waals surface area contributed by atoms with Crippen LogP contribution in [0.4, 0.5) is 0 Å². The number of halogens is 1. The molecule has 1 unspecified atom stereocenters. The van der Waals surface area contributed by atoms with Gasteiger partial charge in [0, 0.05) is 34.6 Å². The monoisotopic (exact) mass is 455 g/mol. The molecule has 1 aromatic carbocycles. The van der Waals surface area contributed by atoms with Gasteiger partial charge in [0.05, 0.1) is 5.56 Å². The van der Waals surface area contributed by atoms with E-state index in [1.807, 2.05) is 23.6 Å². The maximum atomic E-state index is 12.2. The van der Waals surface area contributed by atoms with Crippen molar-refractivity contribution in [2.75, 3.05) is 19.6 Å². The maximum Gasteiger partial charge on any atom is 0.328 e. The molecule has 7 heteroatoms. The van der Waals surface area contributed by atoms with E-state index in [9.17, 15) is 9.59 Å². The van der Waals surface area contributed by atoms with Crippen LogP contribution in [0.1, 0.15) is 36.8 Å². The first kappa shape index (κ1) is 20.7. The Hall–Kier alpha value is -2.15. The lowest BCUT2D eigenvalue weighted by molar-refractivity contribution is 0.299. The lowest BCUT2D eigenvalue weighted by Gasteiger charge is -2.25. The molecule has 1 saturated heterocycles. The van der Waals surface area contributed by atoms with Crippen molar-refractivity contribution in [3.8, 4) is 10.4 Å². The molecule has 1 N–H and O–H groups in total. The second kappa shape index (κ2) is 8.41. The topological polar surface area (TPSA) is 58.1 Å². The summed E-state index contributed by atoms with van der Waals surface area (Å²) in [5.74, 6) is 0. The van der Waals surface area contributed by atoms with E-state index in [0.29, 0.717) is 17.5 Å². The van der Waals surface area contributed by atoms with Gasteiger partial charge >= 0.3 is 5.69 Å². The molecule has 0 amide bonds. The molecule has 0 radical (unpaired) electrons. The van der Waals surface area contributed by atoms with E-state index in [2.05, 4.69) is 22.0 Å². The van der Waals surface area contributed by atoms with Gasteiger partial charge < -0.3 is 4.90 Å². The molecular weight excluding hydrogens is 430 g/mol. The molecule has 2 aliphatic rings. The van der Waals surface area contributed by atoms with E-state index >= 15 is 0 Å². The fourth-order valence-corrected chi connectivity index (χ4v) is 6.20. The number of hydrogen-bond acceptors (Lipinski definition) is 4. The van der Waals surface area contributed by atoms with Crippen molar-refractivity contribution < 1.29 is 0 Å². The van der Waals surface area contributed by atoms with Gasteiger partial charge in [0.1, 0.15) is 0 Å². The minimum atomic E-state index is -0.327. The standard InChI is InChI=1S/C24H26ClN3O2S/c25-18-5-6-20-17(14-18)7-8-24(20)9-12-27(16-24)10-1-2-11-28-15-19(21-4-3-13-31-21)22(29)26-23(28)30/h3-6,13-15H,1-2,7-12,16H2,(H,26,29,30). The molecule has 3 aromatic rings. The van der Waals surface area contributed by atoms with Crippen LogP contribution in [0.3, 0.4) is 0 Å². The van der Waals surface area contributed by atoms with Gasteiger partial charge in [-0.1, -0.05) is 23.7 Å². The number of fused-ring (bicyclic) bond motifs is 2. The fraction of sp³-hybridized carbons (Fsp3) is 0.417. The Bertz CT molecular complexity index is 1200. The van der Waals surface area contributed by atoms with E-state index in [1.165, 1.54) is 35.3 Å². The number of benzene rings is 1. The van der Waals surface area contributed by atoms with Gasteiger partial charge in [-0.05, 0) is 79.9 Å². The molecule has 2 aromatic heterocycles. The summed E-state index contributed by atoms with van der Waals surface area (Å²) in [4.78, 5) is 30.3. The quantitative estimate of drug-likeness (QED) is 0.564. The molecule has 3 heterocycles. The molecule has 5 rings (SSSR count). The number of thiophene rings is 1. The van der Waals surface area contributed by atoms with Crippen LogP contribution >= 0.6 is 22.9 Å². The van der Waals surface area contributed by atoms with Crippen LogP contribution in [-0.2, 0) is 18.4 Å². The third-order valence-electron chi connectivity index (χ3n) is 6.87. The molecule has 1 aliphatic heterocycles. The first-order chi connectivity index (χ1) is 15.0. The molecule has 0 saturated carbocycles. The predicted octanol–water partition coefficient (Wildman–Crippen LogP) is 4.29. The Kier molecular flexibility index (Phi) is 5.63. The van der Waals surface area contributed by atoms with Gasteiger partial charge in [-0.2, -0.15) is 0 Å². The van der Waals surface area contributed by atoms with Gasteiger partial charge in [-0.3, -0.25) is 14.3 Å². The Morgan fingerprint density at radius 1 is 1.13 bits per heavy atom. The molecule has 162 valence electrons. The predicted molar refractivity (Wildman–Crippen MR) is 126 cm³/mol. The van der Waals surface area contributed by atoms with E-state index in [4.69, 9.17) is 11.6 Å². The third-order valence-corrected chi connectivity index (χ3v) is 8.00. The summed E-state index contributed by atoms with van der Waals surface area (Å²) in [6.45, 7) is 3.90. The first-order valence-corrected chi connectivity index (χ1v) is 12.2. The SMILES string of the molecule is O=c1[nH]c(=O)n(CCCCN2CCC3(CCc4cc(Cl)ccc43)C2)cc1-c1cccs1. The molecule has 31 heavy (non-hydrogen) atoms. The molecule has 1 atom stereocenters. The normalized spacial score (nSPS) is 20.5. The van der Waals surface area contributed by atoms with Crippen LogP contribution in [0.5, 0.6) is 0 Å². The van der Waals surface area contributed by atoms with Crippen LogP contribution in [0.15, 0.2) is 51.5 Å². The summed E-state index contributed by atoms with van der Waals surface area (Å²) in [5.41, 5.74) is 3.14. The summed E-state index contributed by atoms with van der Waals surface area (Å²) >= 11 is 7.69. The average Bonchev–Trinajstić information content (AvgIpc) is 3.49. The zero-order chi connectivity index (χ0) is 21.4. The molecule has 1 aliphatic carbocycles. The summed E-state index contributed by atoms with van der Waals surface area (Å²) in [6.07, 6.45) is 7.21. The smallest absolute Gasteiger partial charge is 0.302 e. The van der Waals surface area contributed by atoms with Gasteiger partial charge in [0.15, 0.2) is 0 Å². The highest BCUT2D eigenvalue weighted by atomic mass is 35.5. The van der Waals surface area contributed by atoms with Crippen molar-refractivity contribution in [1.29, 1.82) is 0 Å². The van der Waals surface area contributed by atoms with Crippen LogP contribution in [0, 0.1) is 0 Å². The number of likely N-dealkylation sites (tertiary alicyclic amines) is 1. The van der Waals surface area contributed by atoms with Crippen molar-refractivity contribution in [3.63, 3.8) is 0 Å². The number of aromatic amines is 1. The second-order valence-electron chi connectivity index (χ2n) is 8.79. The molecule has 5 nitrogen and oxygen atoms in total. The summed E-state index contributed by atoms with van der Waals surface area (Å²) in [5, 5.41) is 2.77. The van der Waals surface area contributed by atoms with Crippen molar-refractivity contribution in [1.82, 2.24) is 14.5 Å². The maximum absolute atomic E-state index is 12.2. The minimum Gasteiger partial charge on any atom is -0.302 e. The van der Waals surface area contributed by atoms with Gasteiger partial charge in [-0.15, -0.1) is 11.3 Å². The van der Waals surface area contributed by atoms with Gasteiger partial charge in [-0.25, -0.2) is 4.79 Å². The molecular formula is C24H26ClN3O2S. The minimum absolute atomic E-state index is 0.297. The number of H-pyrrole nitrogens is 1. The third kappa shape index (κ3) is 4.04. The first-order valence-electron chi connectivity index (χ1n) is 10.9. The highest BCUT2D eigenvalue weighted by Crippen LogP contribution is 2.46. The molecule has 1 spiro atoms. The highest BCUT2D eigenvalue weighted by Gasteiger charge is 2.43. The molecule has 1 fully saturated rings. The van der Waals surface area contributed by atoms with Gasteiger partial charge in [0.25, 0.3) is 5.56 Å². The number of nitrogens with zero attached hydrogens (tertiary/aromatic N) is 2. The zero-order valence-electron chi connectivity index (χ0n) is 17.4. The number of aromatic nitrogens is 2. The van der Waals surface area contributed by atoms with Crippen LogP contribution < -0.4 is 11.2 Å². The van der Waals surface area contributed by atoms with E-state index in [-0.39, 0.29) is 11.2 Å². The largest absolute Gasteiger partial charge is 0.328 e. The van der Waals surface area contributed by atoms with Crippen molar-refractivity contribution in [3.05, 3.63) is 78.9 Å². The van der Waals surface area contributed by atoms with Crippen molar-refractivity contribution >= 4 is 22.9 Å². The Balaban J connectivity index is 1.18. The average molecular weight is 456 g/mol. The van der Waals surface area contributed by atoms with Gasteiger partial charge in [0.2, 0.25) is 0 Å². The van der Waals surface area contributed by atoms with Crippen LogP contribution in [0.25, 0.3) is 10.4 Å². The number of nitrogens with one attached hydrogen (secondary N) is 1. The number of unbranched alkanes of at least 4 members (excludes halogenated alkanes) is 1. The summed E-state index contributed by atoms with van der Waals surface area (Å²) in [6, 6.07) is 10.2. The lowest BCUT2D eigenvalue weighted by Crippen LogP contribution is -2.31. The van der Waals surface area contributed by atoms with Crippen LogP contribution in [-0.4, -0.2) is 34.1 Å². The van der Waals surface area contributed by atoms with E-state index in [1.54, 1.807) is 10.8 Å². The highest BCUT2D eigenvalue weighted by molar-refractivity contribution is 7.13.